The zero-order valence-corrected chi connectivity index (χ0v) is 18.5. The smallest absolute Gasteiger partial charge is 0.318 e. The first-order chi connectivity index (χ1) is 15.4. The highest BCUT2D eigenvalue weighted by molar-refractivity contribution is 5.87. The SMILES string of the molecule is COc1cc2c(cc1OC)C(c1ccc(F)cc1)N(C(=O)N[C@@H](C)C(=O)NC1CC1)CC2. The second kappa shape index (κ2) is 9.06. The van der Waals surface area contributed by atoms with E-state index in [2.05, 4.69) is 10.6 Å². The van der Waals surface area contributed by atoms with Gasteiger partial charge in [0, 0.05) is 12.6 Å². The number of nitrogens with one attached hydrogen (secondary N) is 2. The minimum absolute atomic E-state index is 0.192. The third-order valence-electron chi connectivity index (χ3n) is 5.98. The topological polar surface area (TPSA) is 79.9 Å². The van der Waals surface area contributed by atoms with Crippen LogP contribution in [0.25, 0.3) is 0 Å². The molecule has 170 valence electrons. The van der Waals surface area contributed by atoms with Crippen LogP contribution in [0.1, 0.15) is 42.5 Å². The van der Waals surface area contributed by atoms with E-state index in [1.54, 1.807) is 38.2 Å². The van der Waals surface area contributed by atoms with E-state index in [9.17, 15) is 14.0 Å². The zero-order chi connectivity index (χ0) is 22.8. The Labute approximate surface area is 186 Å². The molecule has 2 aromatic carbocycles. The maximum atomic E-state index is 13.6. The van der Waals surface area contributed by atoms with Gasteiger partial charge in [0.1, 0.15) is 11.9 Å². The van der Waals surface area contributed by atoms with Gasteiger partial charge in [0.25, 0.3) is 0 Å². The van der Waals surface area contributed by atoms with Crippen molar-refractivity contribution in [2.75, 3.05) is 20.8 Å². The van der Waals surface area contributed by atoms with E-state index in [0.29, 0.717) is 24.5 Å². The van der Waals surface area contributed by atoms with Gasteiger partial charge in [-0.15, -0.1) is 0 Å². The average Bonchev–Trinajstić information content (AvgIpc) is 3.61. The van der Waals surface area contributed by atoms with E-state index < -0.39 is 12.1 Å². The number of fused-ring (bicyclic) bond motifs is 1. The Morgan fingerprint density at radius 3 is 2.38 bits per heavy atom. The molecule has 0 spiro atoms. The van der Waals surface area contributed by atoms with Crippen molar-refractivity contribution in [1.29, 1.82) is 0 Å². The number of hydrogen-bond donors (Lipinski definition) is 2. The van der Waals surface area contributed by atoms with Gasteiger partial charge < -0.3 is 25.0 Å². The van der Waals surface area contributed by atoms with E-state index in [1.807, 2.05) is 12.1 Å². The lowest BCUT2D eigenvalue weighted by molar-refractivity contribution is -0.122. The molecule has 3 amide bonds. The fraction of sp³-hybridized carbons (Fsp3) is 0.417. The van der Waals surface area contributed by atoms with Crippen LogP contribution in [-0.2, 0) is 11.2 Å². The first-order valence-electron chi connectivity index (χ1n) is 10.8. The van der Waals surface area contributed by atoms with Crippen LogP contribution in [0.3, 0.4) is 0 Å². The summed E-state index contributed by atoms with van der Waals surface area (Å²) in [6, 6.07) is 8.65. The highest BCUT2D eigenvalue weighted by atomic mass is 19.1. The number of hydrogen-bond acceptors (Lipinski definition) is 4. The van der Waals surface area contributed by atoms with Crippen LogP contribution in [0.15, 0.2) is 36.4 Å². The number of carbonyl (C=O) groups is 2. The van der Waals surface area contributed by atoms with E-state index in [0.717, 1.165) is 29.5 Å². The molecule has 32 heavy (non-hydrogen) atoms. The molecule has 2 N–H and O–H groups in total. The summed E-state index contributed by atoms with van der Waals surface area (Å²) in [5.74, 6) is 0.631. The van der Waals surface area contributed by atoms with Gasteiger partial charge in [0.05, 0.1) is 20.3 Å². The van der Waals surface area contributed by atoms with Crippen LogP contribution in [0.5, 0.6) is 11.5 Å². The highest BCUT2D eigenvalue weighted by Crippen LogP contribution is 2.41. The summed E-state index contributed by atoms with van der Waals surface area (Å²) < 4.78 is 24.5. The molecule has 0 bridgehead atoms. The number of methoxy groups -OCH3 is 2. The third kappa shape index (κ3) is 4.49. The summed E-state index contributed by atoms with van der Waals surface area (Å²) in [5, 5.41) is 5.73. The fourth-order valence-electron chi connectivity index (χ4n) is 4.06. The molecule has 1 aliphatic carbocycles. The molecular weight excluding hydrogens is 413 g/mol. The van der Waals surface area contributed by atoms with Crippen LogP contribution < -0.4 is 20.1 Å². The molecule has 1 fully saturated rings. The van der Waals surface area contributed by atoms with Crippen molar-refractivity contribution in [1.82, 2.24) is 15.5 Å². The van der Waals surface area contributed by atoms with Crippen molar-refractivity contribution in [2.45, 2.75) is 44.3 Å². The largest absolute Gasteiger partial charge is 0.493 e. The number of urea groups is 1. The molecule has 0 aromatic heterocycles. The predicted molar refractivity (Wildman–Crippen MR) is 117 cm³/mol. The predicted octanol–water partition coefficient (Wildman–Crippen LogP) is 3.17. The molecule has 1 unspecified atom stereocenters. The van der Waals surface area contributed by atoms with Gasteiger partial charge in [-0.05, 0) is 67.1 Å². The van der Waals surface area contributed by atoms with Crippen molar-refractivity contribution in [2.24, 2.45) is 0 Å². The summed E-state index contributed by atoms with van der Waals surface area (Å²) in [6.45, 7) is 2.11. The summed E-state index contributed by atoms with van der Waals surface area (Å²) in [5.41, 5.74) is 2.68. The molecule has 1 saturated carbocycles. The second-order valence-corrected chi connectivity index (χ2v) is 8.26. The van der Waals surface area contributed by atoms with E-state index >= 15 is 0 Å². The summed E-state index contributed by atoms with van der Waals surface area (Å²) in [7, 11) is 3.14. The molecule has 2 aromatic rings. The molecule has 1 aliphatic heterocycles. The average molecular weight is 442 g/mol. The quantitative estimate of drug-likeness (QED) is 0.722. The molecule has 0 radical (unpaired) electrons. The molecule has 1 heterocycles. The lowest BCUT2D eigenvalue weighted by Gasteiger charge is -2.38. The first-order valence-corrected chi connectivity index (χ1v) is 10.8. The number of benzene rings is 2. The Morgan fingerprint density at radius 1 is 1.09 bits per heavy atom. The van der Waals surface area contributed by atoms with Crippen LogP contribution in [0, 0.1) is 5.82 Å². The van der Waals surface area contributed by atoms with Gasteiger partial charge in [0.15, 0.2) is 11.5 Å². The zero-order valence-electron chi connectivity index (χ0n) is 18.5. The number of nitrogens with zero attached hydrogens (tertiary/aromatic N) is 1. The van der Waals surface area contributed by atoms with E-state index in [-0.39, 0.29) is 23.8 Å². The Balaban J connectivity index is 1.66. The van der Waals surface area contributed by atoms with E-state index in [1.165, 1.54) is 12.1 Å². The summed E-state index contributed by atoms with van der Waals surface area (Å²) in [4.78, 5) is 27.3. The van der Waals surface area contributed by atoms with E-state index in [4.69, 9.17) is 9.47 Å². The molecule has 2 aliphatic rings. The van der Waals surface area contributed by atoms with Crippen LogP contribution in [0.2, 0.25) is 0 Å². The maximum absolute atomic E-state index is 13.6. The van der Waals surface area contributed by atoms with Crippen molar-refractivity contribution < 1.29 is 23.5 Å². The lowest BCUT2D eigenvalue weighted by atomic mass is 9.88. The van der Waals surface area contributed by atoms with Crippen LogP contribution >= 0.6 is 0 Å². The van der Waals surface area contributed by atoms with Crippen LogP contribution in [0.4, 0.5) is 9.18 Å². The first kappa shape index (κ1) is 21.9. The molecule has 0 saturated heterocycles. The van der Waals surface area contributed by atoms with Gasteiger partial charge in [-0.3, -0.25) is 4.79 Å². The van der Waals surface area contributed by atoms with Gasteiger partial charge in [-0.2, -0.15) is 0 Å². The number of rotatable bonds is 6. The fourth-order valence-corrected chi connectivity index (χ4v) is 4.06. The third-order valence-corrected chi connectivity index (χ3v) is 5.98. The van der Waals surface area contributed by atoms with Crippen molar-refractivity contribution in [3.63, 3.8) is 0 Å². The number of ether oxygens (including phenoxy) is 2. The van der Waals surface area contributed by atoms with Crippen molar-refractivity contribution in [3.8, 4) is 11.5 Å². The standard InChI is InChI=1S/C24H28FN3O4/c1-14(23(29)27-18-8-9-18)26-24(30)28-11-10-16-12-20(31-2)21(32-3)13-19(16)22(28)15-4-6-17(25)7-5-15/h4-7,12-14,18,22H,8-11H2,1-3H3,(H,26,30)(H,27,29)/t14-,22?/m0/s1. The van der Waals surface area contributed by atoms with Gasteiger partial charge in [0.2, 0.25) is 5.91 Å². The molecular formula is C24H28FN3O4. The Morgan fingerprint density at radius 2 is 1.75 bits per heavy atom. The van der Waals surface area contributed by atoms with Crippen molar-refractivity contribution >= 4 is 11.9 Å². The minimum Gasteiger partial charge on any atom is -0.493 e. The van der Waals surface area contributed by atoms with Crippen molar-refractivity contribution in [3.05, 3.63) is 58.9 Å². The Kier molecular flexibility index (Phi) is 6.21. The van der Waals surface area contributed by atoms with Gasteiger partial charge >= 0.3 is 6.03 Å². The number of halogens is 1. The second-order valence-electron chi connectivity index (χ2n) is 8.26. The molecule has 2 atom stereocenters. The number of carbonyl (C=O) groups excluding carboxylic acids is 2. The minimum atomic E-state index is -0.663. The normalized spacial score (nSPS) is 18.4. The number of amides is 3. The highest BCUT2D eigenvalue weighted by Gasteiger charge is 2.35. The monoisotopic (exact) mass is 441 g/mol. The van der Waals surface area contributed by atoms with Crippen LogP contribution in [-0.4, -0.2) is 49.7 Å². The van der Waals surface area contributed by atoms with Gasteiger partial charge in [-0.25, -0.2) is 9.18 Å². The summed E-state index contributed by atoms with van der Waals surface area (Å²) in [6.07, 6.45) is 2.57. The Hall–Kier alpha value is -3.29. The Bertz CT molecular complexity index is 1010. The lowest BCUT2D eigenvalue weighted by Crippen LogP contribution is -2.52. The maximum Gasteiger partial charge on any atom is 0.318 e. The molecule has 8 heteroatoms. The molecule has 4 rings (SSSR count). The summed E-state index contributed by atoms with van der Waals surface area (Å²) >= 11 is 0. The van der Waals surface area contributed by atoms with Gasteiger partial charge in [-0.1, -0.05) is 12.1 Å². The molecule has 7 nitrogen and oxygen atoms in total.